The number of nitrogens with zero attached hydrogens (tertiary/aromatic N) is 2. The SMILES string of the molecule is CCc1c(C)nc(-c2ccccc2F)nc1NC1CCNCC1. The van der Waals surface area contributed by atoms with Gasteiger partial charge in [-0.05, 0) is 51.4 Å². The minimum Gasteiger partial charge on any atom is -0.367 e. The van der Waals surface area contributed by atoms with E-state index in [1.807, 2.05) is 13.0 Å². The summed E-state index contributed by atoms with van der Waals surface area (Å²) in [5.41, 5.74) is 2.48. The third-order valence-corrected chi connectivity index (χ3v) is 4.36. The summed E-state index contributed by atoms with van der Waals surface area (Å²) in [6.07, 6.45) is 3.00. The molecule has 0 spiro atoms. The van der Waals surface area contributed by atoms with Crippen molar-refractivity contribution in [1.29, 1.82) is 0 Å². The summed E-state index contributed by atoms with van der Waals surface area (Å²) in [7, 11) is 0. The van der Waals surface area contributed by atoms with Gasteiger partial charge in [-0.25, -0.2) is 14.4 Å². The molecule has 2 aromatic rings. The molecule has 1 aliphatic rings. The second-order valence-corrected chi connectivity index (χ2v) is 5.96. The molecule has 1 aromatic carbocycles. The number of aromatic nitrogens is 2. The summed E-state index contributed by atoms with van der Waals surface area (Å²) < 4.78 is 14.1. The molecule has 3 rings (SSSR count). The molecule has 2 heterocycles. The lowest BCUT2D eigenvalue weighted by molar-refractivity contribution is 0.478. The van der Waals surface area contributed by atoms with Crippen LogP contribution in [0.15, 0.2) is 24.3 Å². The van der Waals surface area contributed by atoms with Gasteiger partial charge in [-0.2, -0.15) is 0 Å². The van der Waals surface area contributed by atoms with Crippen LogP contribution in [0.1, 0.15) is 31.0 Å². The number of hydrogen-bond donors (Lipinski definition) is 2. The minimum absolute atomic E-state index is 0.288. The van der Waals surface area contributed by atoms with Gasteiger partial charge in [0.15, 0.2) is 5.82 Å². The fraction of sp³-hybridized carbons (Fsp3) is 0.444. The maximum atomic E-state index is 14.1. The van der Waals surface area contributed by atoms with Crippen molar-refractivity contribution in [2.24, 2.45) is 0 Å². The van der Waals surface area contributed by atoms with Crippen molar-refractivity contribution < 1.29 is 4.39 Å². The summed E-state index contributed by atoms with van der Waals surface area (Å²) in [4.78, 5) is 9.17. The van der Waals surface area contributed by atoms with Crippen molar-refractivity contribution in [3.63, 3.8) is 0 Å². The van der Waals surface area contributed by atoms with Crippen LogP contribution < -0.4 is 10.6 Å². The largest absolute Gasteiger partial charge is 0.367 e. The van der Waals surface area contributed by atoms with Crippen LogP contribution in [0.2, 0.25) is 0 Å². The van der Waals surface area contributed by atoms with Crippen LogP contribution in [0.4, 0.5) is 10.2 Å². The Hall–Kier alpha value is -2.01. The van der Waals surface area contributed by atoms with E-state index >= 15 is 0 Å². The average Bonchev–Trinajstić information content (AvgIpc) is 2.56. The van der Waals surface area contributed by atoms with Gasteiger partial charge < -0.3 is 10.6 Å². The Kier molecular flexibility index (Phi) is 4.86. The lowest BCUT2D eigenvalue weighted by Crippen LogP contribution is -2.35. The quantitative estimate of drug-likeness (QED) is 0.909. The van der Waals surface area contributed by atoms with Crippen molar-refractivity contribution in [1.82, 2.24) is 15.3 Å². The van der Waals surface area contributed by atoms with E-state index in [0.717, 1.165) is 49.4 Å². The highest BCUT2D eigenvalue weighted by atomic mass is 19.1. The molecule has 0 amide bonds. The standard InChI is InChI=1S/C18H23FN4/c1-3-14-12(2)21-18(15-6-4-5-7-16(15)19)23-17(14)22-13-8-10-20-11-9-13/h4-7,13,20H,3,8-11H2,1-2H3,(H,21,22,23). The second kappa shape index (κ2) is 7.04. The number of rotatable bonds is 4. The minimum atomic E-state index is -0.288. The van der Waals surface area contributed by atoms with E-state index in [-0.39, 0.29) is 5.82 Å². The molecular formula is C18H23FN4. The highest BCUT2D eigenvalue weighted by Gasteiger charge is 2.18. The van der Waals surface area contributed by atoms with Crippen LogP contribution in [0.5, 0.6) is 0 Å². The molecule has 122 valence electrons. The van der Waals surface area contributed by atoms with Gasteiger partial charge in [-0.3, -0.25) is 0 Å². The van der Waals surface area contributed by atoms with Crippen LogP contribution in [0.3, 0.4) is 0 Å². The van der Waals surface area contributed by atoms with E-state index in [9.17, 15) is 4.39 Å². The van der Waals surface area contributed by atoms with Gasteiger partial charge in [0.1, 0.15) is 11.6 Å². The van der Waals surface area contributed by atoms with Gasteiger partial charge in [-0.1, -0.05) is 19.1 Å². The Morgan fingerprint density at radius 2 is 1.96 bits per heavy atom. The number of nitrogens with one attached hydrogen (secondary N) is 2. The Labute approximate surface area is 136 Å². The fourth-order valence-corrected chi connectivity index (χ4v) is 3.06. The van der Waals surface area contributed by atoms with Crippen molar-refractivity contribution in [2.75, 3.05) is 18.4 Å². The van der Waals surface area contributed by atoms with Gasteiger partial charge in [0.25, 0.3) is 0 Å². The monoisotopic (exact) mass is 314 g/mol. The number of hydrogen-bond acceptors (Lipinski definition) is 4. The van der Waals surface area contributed by atoms with Gasteiger partial charge in [-0.15, -0.1) is 0 Å². The zero-order valence-corrected chi connectivity index (χ0v) is 13.7. The molecule has 2 N–H and O–H groups in total. The molecule has 4 nitrogen and oxygen atoms in total. The summed E-state index contributed by atoms with van der Waals surface area (Å²) in [6, 6.07) is 7.07. The van der Waals surface area contributed by atoms with Crippen LogP contribution in [-0.2, 0) is 6.42 Å². The van der Waals surface area contributed by atoms with Crippen LogP contribution in [0.25, 0.3) is 11.4 Å². The first-order chi connectivity index (χ1) is 11.2. The van der Waals surface area contributed by atoms with E-state index in [4.69, 9.17) is 0 Å². The van der Waals surface area contributed by atoms with Gasteiger partial charge in [0.05, 0.1) is 5.56 Å². The maximum absolute atomic E-state index is 14.1. The van der Waals surface area contributed by atoms with E-state index in [2.05, 4.69) is 27.5 Å². The van der Waals surface area contributed by atoms with Crippen LogP contribution >= 0.6 is 0 Å². The molecule has 1 aromatic heterocycles. The fourth-order valence-electron chi connectivity index (χ4n) is 3.06. The summed E-state index contributed by atoms with van der Waals surface area (Å²) in [5, 5.41) is 6.92. The normalized spacial score (nSPS) is 15.6. The zero-order valence-electron chi connectivity index (χ0n) is 13.7. The first kappa shape index (κ1) is 15.9. The number of halogens is 1. The first-order valence-corrected chi connectivity index (χ1v) is 8.28. The molecule has 0 saturated carbocycles. The van der Waals surface area contributed by atoms with E-state index in [1.165, 1.54) is 6.07 Å². The third kappa shape index (κ3) is 3.50. The molecule has 0 bridgehead atoms. The number of benzene rings is 1. The smallest absolute Gasteiger partial charge is 0.164 e. The third-order valence-electron chi connectivity index (χ3n) is 4.36. The molecule has 1 fully saturated rings. The second-order valence-electron chi connectivity index (χ2n) is 5.96. The molecule has 1 saturated heterocycles. The van der Waals surface area contributed by atoms with Crippen molar-refractivity contribution in [3.8, 4) is 11.4 Å². The molecule has 0 aliphatic carbocycles. The van der Waals surface area contributed by atoms with Crippen LogP contribution in [0, 0.1) is 12.7 Å². The molecule has 0 atom stereocenters. The molecule has 1 aliphatic heterocycles. The maximum Gasteiger partial charge on any atom is 0.164 e. The number of anilines is 1. The van der Waals surface area contributed by atoms with Gasteiger partial charge >= 0.3 is 0 Å². The van der Waals surface area contributed by atoms with Gasteiger partial charge in [0.2, 0.25) is 0 Å². The Balaban J connectivity index is 1.98. The van der Waals surface area contributed by atoms with Crippen LogP contribution in [-0.4, -0.2) is 29.1 Å². The summed E-state index contributed by atoms with van der Waals surface area (Å²) >= 11 is 0. The van der Waals surface area contributed by atoms with Crippen molar-refractivity contribution in [3.05, 3.63) is 41.3 Å². The first-order valence-electron chi connectivity index (χ1n) is 8.28. The molecule has 23 heavy (non-hydrogen) atoms. The van der Waals surface area contributed by atoms with E-state index in [0.29, 0.717) is 17.4 Å². The summed E-state index contributed by atoms with van der Waals surface area (Å²) in [6.45, 7) is 6.10. The van der Waals surface area contributed by atoms with E-state index in [1.54, 1.807) is 12.1 Å². The molecule has 5 heteroatoms. The highest BCUT2D eigenvalue weighted by molar-refractivity contribution is 5.60. The number of piperidine rings is 1. The van der Waals surface area contributed by atoms with Gasteiger partial charge in [0, 0.05) is 17.3 Å². The summed E-state index contributed by atoms with van der Waals surface area (Å²) in [5.74, 6) is 1.02. The Morgan fingerprint density at radius 1 is 1.22 bits per heavy atom. The Morgan fingerprint density at radius 3 is 2.65 bits per heavy atom. The molecular weight excluding hydrogens is 291 g/mol. The lowest BCUT2D eigenvalue weighted by Gasteiger charge is -2.25. The highest BCUT2D eigenvalue weighted by Crippen LogP contribution is 2.25. The topological polar surface area (TPSA) is 49.8 Å². The lowest BCUT2D eigenvalue weighted by atomic mass is 10.1. The molecule has 0 unspecified atom stereocenters. The van der Waals surface area contributed by atoms with Crippen molar-refractivity contribution >= 4 is 5.82 Å². The Bertz CT molecular complexity index is 681. The van der Waals surface area contributed by atoms with Crippen molar-refractivity contribution in [2.45, 2.75) is 39.2 Å². The zero-order chi connectivity index (χ0) is 16.2. The predicted octanol–water partition coefficient (Wildman–Crippen LogP) is 3.32. The predicted molar refractivity (Wildman–Crippen MR) is 91.1 cm³/mol. The number of aryl methyl sites for hydroxylation is 1. The molecule has 0 radical (unpaired) electrons. The van der Waals surface area contributed by atoms with E-state index < -0.39 is 0 Å². The average molecular weight is 314 g/mol.